The van der Waals surface area contributed by atoms with Crippen molar-refractivity contribution in [3.05, 3.63) is 133 Å². The van der Waals surface area contributed by atoms with Crippen molar-refractivity contribution in [2.45, 2.75) is 282 Å². The summed E-state index contributed by atoms with van der Waals surface area (Å²) in [5.74, 6) is -8.14. The Morgan fingerprint density at radius 3 is 1.15 bits per heavy atom. The molecule has 14 rings (SSSR count). The van der Waals surface area contributed by atoms with E-state index in [1.165, 1.54) is 24.0 Å². The van der Waals surface area contributed by atoms with E-state index in [2.05, 4.69) is 19.4 Å². The molecule has 4 saturated carbocycles. The minimum absolute atomic E-state index is 0.00965. The number of pyridine rings is 4. The molecule has 8 aliphatic rings. The second-order valence-corrected chi connectivity index (χ2v) is 45.2. The number of alkyl halides is 6. The number of nitrogens with zero attached hydrogens (tertiary/aromatic N) is 6. The molecular formula is C102H126F6N8O20S2. The van der Waals surface area contributed by atoms with Crippen molar-refractivity contribution in [1.29, 1.82) is 0 Å². The molecule has 0 radical (unpaired) electrons. The highest BCUT2D eigenvalue weighted by atomic mass is 32.2. The maximum absolute atomic E-state index is 15.1. The van der Waals surface area contributed by atoms with Crippen LogP contribution in [0.1, 0.15) is 213 Å². The molecule has 8 heterocycles. The van der Waals surface area contributed by atoms with Crippen LogP contribution in [-0.2, 0) is 67.9 Å². The van der Waals surface area contributed by atoms with Crippen LogP contribution in [0.5, 0.6) is 34.8 Å². The first-order valence-electron chi connectivity index (χ1n) is 47.3. The van der Waals surface area contributed by atoms with E-state index in [-0.39, 0.29) is 62.8 Å². The van der Waals surface area contributed by atoms with Crippen molar-refractivity contribution in [2.24, 2.45) is 58.2 Å². The maximum atomic E-state index is 15.1. The van der Waals surface area contributed by atoms with Gasteiger partial charge in [-0.3, -0.25) is 47.8 Å². The summed E-state index contributed by atoms with van der Waals surface area (Å²) in [7, 11) is -5.15. The van der Waals surface area contributed by atoms with Crippen LogP contribution >= 0.6 is 0 Å². The van der Waals surface area contributed by atoms with Gasteiger partial charge < -0.3 is 47.7 Å². The summed E-state index contributed by atoms with van der Waals surface area (Å²) < 4.78 is 185. The van der Waals surface area contributed by atoms with Crippen LogP contribution in [0.2, 0.25) is 0 Å². The van der Waals surface area contributed by atoms with Crippen molar-refractivity contribution in [1.82, 2.24) is 39.2 Å². The van der Waals surface area contributed by atoms with Gasteiger partial charge in [-0.15, -0.1) is 0 Å². The summed E-state index contributed by atoms with van der Waals surface area (Å²) in [5.41, 5.74) is -4.31. The van der Waals surface area contributed by atoms with Gasteiger partial charge >= 0.3 is 24.3 Å². The van der Waals surface area contributed by atoms with Crippen molar-refractivity contribution in [3.63, 3.8) is 0 Å². The number of ketones is 2. The molecule has 0 bridgehead atoms. The van der Waals surface area contributed by atoms with Crippen molar-refractivity contribution in [3.8, 4) is 80.0 Å². The predicted octanol–water partition coefficient (Wildman–Crippen LogP) is 17.6. The third-order valence-corrected chi connectivity index (χ3v) is 32.4. The fourth-order valence-corrected chi connectivity index (χ4v) is 21.3. The van der Waals surface area contributed by atoms with Gasteiger partial charge in [-0.1, -0.05) is 64.1 Å². The number of halogens is 6. The molecule has 4 aromatic heterocycles. The first kappa shape index (κ1) is 104. The van der Waals surface area contributed by atoms with Crippen molar-refractivity contribution >= 4 is 67.2 Å². The van der Waals surface area contributed by atoms with Gasteiger partial charge in [0.2, 0.25) is 66.6 Å². The van der Waals surface area contributed by atoms with E-state index in [1.807, 2.05) is 114 Å². The van der Waals surface area contributed by atoms with Gasteiger partial charge in [-0.25, -0.2) is 36.8 Å². The Morgan fingerprint density at radius 2 is 0.826 bits per heavy atom. The van der Waals surface area contributed by atoms with E-state index in [1.54, 1.807) is 88.4 Å². The quantitative estimate of drug-likeness (QED) is 0.0289. The number of benzene rings is 2. The maximum Gasteiger partial charge on any atom is 0.427 e. The Labute approximate surface area is 802 Å². The minimum atomic E-state index is -4.89. The summed E-state index contributed by atoms with van der Waals surface area (Å²) in [5, 5.41) is 0. The zero-order valence-electron chi connectivity index (χ0n) is 80.9. The lowest BCUT2D eigenvalue weighted by molar-refractivity contribution is -0.257. The Kier molecular flexibility index (Phi) is 31.0. The smallest absolute Gasteiger partial charge is 0.427 e. The Balaban J connectivity index is 0.000000233. The van der Waals surface area contributed by atoms with E-state index in [0.717, 1.165) is 27.7 Å². The number of nitrogens with one attached hydrogen (secondary N) is 2. The number of allylic oxidation sites excluding steroid dienone is 4. The molecule has 2 saturated heterocycles. The first-order chi connectivity index (χ1) is 64.7. The van der Waals surface area contributed by atoms with Crippen LogP contribution in [0.4, 0.5) is 26.3 Å². The topological polar surface area (TPSA) is 361 Å². The number of amides is 4. The fraction of sp³-hybridized carbons (Fsp3) is 0.569. The number of ether oxygens (including phenoxy) is 8. The zero-order valence-corrected chi connectivity index (χ0v) is 82.5. The highest BCUT2D eigenvalue weighted by Crippen LogP contribution is 2.60. The molecule has 14 atom stereocenters. The van der Waals surface area contributed by atoms with Crippen LogP contribution < -0.4 is 37.9 Å². The number of methoxy groups -OCH3 is 2. The average Bonchev–Trinajstić information content (AvgIpc) is 1.56. The Bertz CT molecular complexity index is 5480. The number of Topliss-reactive ketones (excluding diaryl/α,β-unsaturated/α-hetero) is 2. The number of hydrogen-bond donors (Lipinski definition) is 2. The lowest BCUT2D eigenvalue weighted by Gasteiger charge is -2.33. The van der Waals surface area contributed by atoms with E-state index in [9.17, 15) is 71.9 Å². The van der Waals surface area contributed by atoms with Gasteiger partial charge in [-0.2, -0.15) is 26.3 Å². The molecule has 2 aromatic carbocycles. The standard InChI is InChI=1S/2C51H63F3N4O10S/c2*1-30(2)66-35-18-16-33(17-19-35)40-23-36(24-41(55-40)39-14-11-15-44(56-39)65-8)67-37-25-42-43(59)28-50(47(62)57-69(63,64)49(7)20-21-49)27-34(50)13-10-9-12-31(3)22-32(4)38(46(61)58(42)29-37)26-45(60)68-48(5,6)51(52,53)54/h2*10-11,13-19,23-24,30-32,34,37-38,42H,9,12,20-22,25-29H2,1-8H3,(H,57,62)/b2*13-10-/t31-,32+,34+,37+,38-,42-,50+;31-,32-,34-,37-,38+,42+,50-/m01/s1. The zero-order chi connectivity index (χ0) is 101. The minimum Gasteiger partial charge on any atom is -0.491 e. The molecule has 0 spiro atoms. The van der Waals surface area contributed by atoms with Gasteiger partial charge in [0.05, 0.1) is 131 Å². The van der Waals surface area contributed by atoms with Gasteiger partial charge in [0.15, 0.2) is 11.6 Å². The molecule has 4 aliphatic heterocycles. The number of aromatic nitrogens is 4. The molecule has 4 aliphatic carbocycles. The molecule has 28 nitrogen and oxygen atoms in total. The highest BCUT2D eigenvalue weighted by molar-refractivity contribution is 7.92. The third kappa shape index (κ3) is 24.3. The lowest BCUT2D eigenvalue weighted by Crippen LogP contribution is -2.48. The molecule has 6 aromatic rings. The number of rotatable bonds is 26. The fourth-order valence-electron chi connectivity index (χ4n) is 18.7. The molecule has 0 unspecified atom stereocenters. The summed E-state index contributed by atoms with van der Waals surface area (Å²) in [6.45, 7) is 20.9. The summed E-state index contributed by atoms with van der Waals surface area (Å²) in [4.78, 5) is 137. The normalized spacial score (nSPS) is 26.7. The molecule has 6 fully saturated rings. The second kappa shape index (κ2) is 41.0. The van der Waals surface area contributed by atoms with Crippen LogP contribution in [-0.4, -0.2) is 191 Å². The predicted molar refractivity (Wildman–Crippen MR) is 501 cm³/mol. The number of fused-ring (bicyclic) bond motifs is 4. The number of esters is 2. The number of carbonyl (C=O) groups excluding carboxylic acids is 8. The molecule has 2 N–H and O–H groups in total. The van der Waals surface area contributed by atoms with E-state index < -0.39 is 197 Å². The Morgan fingerprint density at radius 1 is 0.478 bits per heavy atom. The van der Waals surface area contributed by atoms with Gasteiger partial charge in [-0.05, 0) is 242 Å². The monoisotopic (exact) mass is 1960 g/mol. The van der Waals surface area contributed by atoms with Crippen molar-refractivity contribution < 1.29 is 119 Å². The summed E-state index contributed by atoms with van der Waals surface area (Å²) in [6, 6.07) is 29.4. The van der Waals surface area contributed by atoms with Crippen LogP contribution in [0.15, 0.2) is 133 Å². The average molecular weight is 1960 g/mol. The molecular weight excluding hydrogens is 1840 g/mol. The molecule has 138 heavy (non-hydrogen) atoms. The largest absolute Gasteiger partial charge is 0.491 e. The van der Waals surface area contributed by atoms with Crippen molar-refractivity contribution in [2.75, 3.05) is 27.3 Å². The van der Waals surface area contributed by atoms with Gasteiger partial charge in [0.25, 0.3) is 0 Å². The molecule has 4 amide bonds. The van der Waals surface area contributed by atoms with Gasteiger partial charge in [0, 0.05) is 73.2 Å². The SMILES string of the molecule is COc1cccc(-c2cc(O[C@@H]3C[C@H]4C(=O)C[C@]5(C(=O)NS(=O)(=O)C6(C)CC6)C[C@H]5/C=C\CC[C@@H](C)C[C@@H](C)[C@H](CC(=O)OC(C)(C)C(F)(F)F)C(=O)N4C3)cc(-c3ccc(OC(C)C)cc3)n2)n1.COc1cccc(-c2cc(O[C@@H]3C[C@H]4C(=O)C[C@]5(C(=O)NS(=O)(=O)C6(C)CC6)C[C@H]5/C=C\CC[C@H](C)C[C@@H](C)[C@H](CC(=O)OC(C)(C)C(F)(F)F)C(=O)N4C3)cc(-c3ccc(OC(C)C)cc3)n2)n1. The van der Waals surface area contributed by atoms with Crippen LogP contribution in [0.25, 0.3) is 45.3 Å². The first-order valence-corrected chi connectivity index (χ1v) is 50.3. The Hall–Kier alpha value is -11.0. The summed E-state index contributed by atoms with van der Waals surface area (Å²) >= 11 is 0. The van der Waals surface area contributed by atoms with E-state index in [4.69, 9.17) is 47.9 Å². The molecule has 36 heteroatoms. The number of sulfonamides is 2. The summed E-state index contributed by atoms with van der Waals surface area (Å²) in [6.07, 6.45) is -1.10. The van der Waals surface area contributed by atoms with E-state index >= 15 is 9.59 Å². The highest BCUT2D eigenvalue weighted by Gasteiger charge is 2.65. The lowest BCUT2D eigenvalue weighted by atomic mass is 9.82. The number of hydrogen-bond acceptors (Lipinski definition) is 24. The second-order valence-electron chi connectivity index (χ2n) is 40.8. The number of carbonyl (C=O) groups is 8. The van der Waals surface area contributed by atoms with Crippen LogP contribution in [0.3, 0.4) is 0 Å². The third-order valence-electron chi connectivity index (χ3n) is 28.1. The van der Waals surface area contributed by atoms with E-state index in [0.29, 0.717) is 144 Å². The molecule has 748 valence electrons. The van der Waals surface area contributed by atoms with Crippen LogP contribution in [0, 0.1) is 58.2 Å². The van der Waals surface area contributed by atoms with Gasteiger partial charge in [0.1, 0.15) is 35.2 Å².